The number of hydrogen-bond donors (Lipinski definition) is 1. The molecule has 0 aliphatic carbocycles. The van der Waals surface area contributed by atoms with Crippen molar-refractivity contribution in [1.82, 2.24) is 14.7 Å². The van der Waals surface area contributed by atoms with Crippen LogP contribution in [-0.2, 0) is 23.5 Å². The van der Waals surface area contributed by atoms with Crippen molar-refractivity contribution in [2.24, 2.45) is 12.2 Å². The molecule has 0 aromatic carbocycles. The number of hydrogen-bond acceptors (Lipinski definition) is 4. The number of carbonyl (C=O) groups excluding carboxylic acids is 1. The van der Waals surface area contributed by atoms with Crippen molar-refractivity contribution in [2.45, 2.75) is 31.4 Å². The molecule has 1 aromatic rings. The van der Waals surface area contributed by atoms with Gasteiger partial charge >= 0.3 is 0 Å². The van der Waals surface area contributed by atoms with Crippen molar-refractivity contribution in [1.29, 1.82) is 0 Å². The Morgan fingerprint density at radius 3 is 2.85 bits per heavy atom. The second kappa shape index (κ2) is 5.53. The molecule has 0 spiro atoms. The third kappa shape index (κ3) is 3.01. The van der Waals surface area contributed by atoms with E-state index in [2.05, 4.69) is 5.10 Å². The molecule has 1 atom stereocenters. The lowest BCUT2D eigenvalue weighted by molar-refractivity contribution is 0.0726. The predicted molar refractivity (Wildman–Crippen MR) is 74.6 cm³/mol. The van der Waals surface area contributed by atoms with Gasteiger partial charge in [0.2, 0.25) is 10.0 Å². The molecule has 2 rings (SSSR count). The molecular formula is C12H20N4O3S. The fourth-order valence-corrected chi connectivity index (χ4v) is 3.42. The van der Waals surface area contributed by atoms with Gasteiger partial charge in [-0.25, -0.2) is 13.6 Å². The van der Waals surface area contributed by atoms with Gasteiger partial charge in [0.05, 0.1) is 16.5 Å². The Morgan fingerprint density at radius 2 is 2.25 bits per heavy atom. The van der Waals surface area contributed by atoms with Gasteiger partial charge in [0.25, 0.3) is 5.91 Å². The SMILES string of the molecule is CCc1nn(C)cc1C(=O)N1CCCC(S(N)(=O)=O)C1. The number of primary sulfonamides is 1. The summed E-state index contributed by atoms with van der Waals surface area (Å²) in [5.41, 5.74) is 1.28. The summed E-state index contributed by atoms with van der Waals surface area (Å²) >= 11 is 0. The molecule has 1 fully saturated rings. The van der Waals surface area contributed by atoms with Gasteiger partial charge in [-0.1, -0.05) is 6.92 Å². The van der Waals surface area contributed by atoms with E-state index in [1.807, 2.05) is 6.92 Å². The molecule has 20 heavy (non-hydrogen) atoms. The third-order valence-electron chi connectivity index (χ3n) is 3.60. The van der Waals surface area contributed by atoms with Crippen LogP contribution in [0.1, 0.15) is 35.8 Å². The fraction of sp³-hybridized carbons (Fsp3) is 0.667. The maximum atomic E-state index is 12.5. The molecule has 1 amide bonds. The van der Waals surface area contributed by atoms with Crippen molar-refractivity contribution in [3.8, 4) is 0 Å². The number of aryl methyl sites for hydroxylation is 2. The lowest BCUT2D eigenvalue weighted by atomic mass is 10.1. The Balaban J connectivity index is 2.20. The van der Waals surface area contributed by atoms with E-state index >= 15 is 0 Å². The summed E-state index contributed by atoms with van der Waals surface area (Å²) < 4.78 is 24.5. The number of amides is 1. The van der Waals surface area contributed by atoms with Gasteiger partial charge in [0.1, 0.15) is 0 Å². The molecule has 2 heterocycles. The quantitative estimate of drug-likeness (QED) is 0.841. The van der Waals surface area contributed by atoms with Crippen LogP contribution >= 0.6 is 0 Å². The van der Waals surface area contributed by atoms with Crippen LogP contribution in [0, 0.1) is 0 Å². The molecule has 0 saturated carbocycles. The molecule has 1 saturated heterocycles. The van der Waals surface area contributed by atoms with E-state index in [0.717, 1.165) is 5.69 Å². The van der Waals surface area contributed by atoms with Gasteiger partial charge in [-0.15, -0.1) is 0 Å². The summed E-state index contributed by atoms with van der Waals surface area (Å²) in [6, 6.07) is 0. The number of nitrogens with zero attached hydrogens (tertiary/aromatic N) is 3. The topological polar surface area (TPSA) is 98.3 Å². The second-order valence-electron chi connectivity index (χ2n) is 5.12. The molecule has 1 aliphatic heterocycles. The molecule has 112 valence electrons. The summed E-state index contributed by atoms with van der Waals surface area (Å²) in [4.78, 5) is 14.1. The summed E-state index contributed by atoms with van der Waals surface area (Å²) in [6.07, 6.45) is 3.50. The van der Waals surface area contributed by atoms with Crippen LogP contribution in [0.25, 0.3) is 0 Å². The first kappa shape index (κ1) is 15.0. The first-order valence-corrected chi connectivity index (χ1v) is 8.27. The van der Waals surface area contributed by atoms with E-state index in [0.29, 0.717) is 31.4 Å². The van der Waals surface area contributed by atoms with Gasteiger partial charge in [-0.3, -0.25) is 9.48 Å². The summed E-state index contributed by atoms with van der Waals surface area (Å²) in [5.74, 6) is -0.164. The third-order valence-corrected chi connectivity index (χ3v) is 4.91. The average Bonchev–Trinajstić information content (AvgIpc) is 2.78. The minimum atomic E-state index is -3.60. The van der Waals surface area contributed by atoms with Crippen LogP contribution in [0.3, 0.4) is 0 Å². The second-order valence-corrected chi connectivity index (χ2v) is 6.97. The lowest BCUT2D eigenvalue weighted by Crippen LogP contribution is -2.47. The minimum Gasteiger partial charge on any atom is -0.337 e. The van der Waals surface area contributed by atoms with Gasteiger partial charge in [0.15, 0.2) is 0 Å². The highest BCUT2D eigenvalue weighted by molar-refractivity contribution is 7.89. The molecule has 0 radical (unpaired) electrons. The normalized spacial score (nSPS) is 20.1. The summed E-state index contributed by atoms with van der Waals surface area (Å²) in [5, 5.41) is 8.76. The van der Waals surface area contributed by atoms with Gasteiger partial charge in [0, 0.05) is 26.3 Å². The van der Waals surface area contributed by atoms with Crippen molar-refractivity contribution in [3.63, 3.8) is 0 Å². The number of nitrogens with two attached hydrogens (primary N) is 1. The van der Waals surface area contributed by atoms with E-state index in [9.17, 15) is 13.2 Å². The number of piperidine rings is 1. The number of carbonyl (C=O) groups is 1. The molecular weight excluding hydrogens is 280 g/mol. The van der Waals surface area contributed by atoms with Crippen molar-refractivity contribution in [2.75, 3.05) is 13.1 Å². The standard InChI is InChI=1S/C12H20N4O3S/c1-3-11-10(8-15(2)14-11)12(17)16-6-4-5-9(7-16)20(13,18)19/h8-9H,3-7H2,1-2H3,(H2,13,18,19). The summed E-state index contributed by atoms with van der Waals surface area (Å²) in [6.45, 7) is 2.65. The number of likely N-dealkylation sites (tertiary alicyclic amines) is 1. The van der Waals surface area contributed by atoms with E-state index in [4.69, 9.17) is 5.14 Å². The first-order chi connectivity index (χ1) is 9.32. The van der Waals surface area contributed by atoms with Crippen LogP contribution in [0.4, 0.5) is 0 Å². The van der Waals surface area contributed by atoms with Crippen molar-refractivity contribution >= 4 is 15.9 Å². The molecule has 7 nitrogen and oxygen atoms in total. The molecule has 2 N–H and O–H groups in total. The highest BCUT2D eigenvalue weighted by Crippen LogP contribution is 2.19. The number of aromatic nitrogens is 2. The fourth-order valence-electron chi connectivity index (χ4n) is 2.54. The largest absolute Gasteiger partial charge is 0.337 e. The zero-order chi connectivity index (χ0) is 14.9. The molecule has 1 aromatic heterocycles. The van der Waals surface area contributed by atoms with Crippen molar-refractivity contribution in [3.05, 3.63) is 17.5 Å². The molecule has 8 heteroatoms. The smallest absolute Gasteiger partial charge is 0.257 e. The summed E-state index contributed by atoms with van der Waals surface area (Å²) in [7, 11) is -1.84. The Bertz CT molecular complexity index is 608. The maximum absolute atomic E-state index is 12.5. The Labute approximate surface area is 118 Å². The number of sulfonamides is 1. The Morgan fingerprint density at radius 1 is 1.55 bits per heavy atom. The Kier molecular flexibility index (Phi) is 4.14. The van der Waals surface area contributed by atoms with E-state index < -0.39 is 15.3 Å². The highest BCUT2D eigenvalue weighted by Gasteiger charge is 2.31. The monoisotopic (exact) mass is 300 g/mol. The van der Waals surface area contributed by atoms with Gasteiger partial charge < -0.3 is 4.90 Å². The van der Waals surface area contributed by atoms with E-state index in [1.54, 1.807) is 22.8 Å². The van der Waals surface area contributed by atoms with E-state index in [-0.39, 0.29) is 12.5 Å². The molecule has 1 aliphatic rings. The van der Waals surface area contributed by atoms with Gasteiger partial charge in [-0.2, -0.15) is 5.10 Å². The van der Waals surface area contributed by atoms with Crippen LogP contribution in [0.15, 0.2) is 6.20 Å². The average molecular weight is 300 g/mol. The maximum Gasteiger partial charge on any atom is 0.257 e. The van der Waals surface area contributed by atoms with Crippen LogP contribution in [0.2, 0.25) is 0 Å². The zero-order valence-corrected chi connectivity index (χ0v) is 12.6. The number of rotatable bonds is 3. The molecule has 0 bridgehead atoms. The zero-order valence-electron chi connectivity index (χ0n) is 11.7. The Hall–Kier alpha value is -1.41. The van der Waals surface area contributed by atoms with Crippen LogP contribution in [0.5, 0.6) is 0 Å². The van der Waals surface area contributed by atoms with Crippen LogP contribution in [-0.4, -0.2) is 47.3 Å². The van der Waals surface area contributed by atoms with Gasteiger partial charge in [-0.05, 0) is 19.3 Å². The first-order valence-electron chi connectivity index (χ1n) is 6.66. The van der Waals surface area contributed by atoms with Crippen molar-refractivity contribution < 1.29 is 13.2 Å². The van der Waals surface area contributed by atoms with E-state index in [1.165, 1.54) is 0 Å². The minimum absolute atomic E-state index is 0.162. The van der Waals surface area contributed by atoms with Crippen LogP contribution < -0.4 is 5.14 Å². The predicted octanol–water partition coefficient (Wildman–Crippen LogP) is -0.124. The molecule has 1 unspecified atom stereocenters. The highest BCUT2D eigenvalue weighted by atomic mass is 32.2. The lowest BCUT2D eigenvalue weighted by Gasteiger charge is -2.31.